The van der Waals surface area contributed by atoms with E-state index in [1.807, 2.05) is 0 Å². The Morgan fingerprint density at radius 3 is 2.57 bits per heavy atom. The first-order chi connectivity index (χ1) is 6.49. The number of rotatable bonds is 2. The first-order valence-corrected chi connectivity index (χ1v) is 4.43. The van der Waals surface area contributed by atoms with Crippen LogP contribution < -0.4 is 4.74 Å². The summed E-state index contributed by atoms with van der Waals surface area (Å²) in [7, 11) is 1.46. The zero-order valence-corrected chi connectivity index (χ0v) is 8.97. The van der Waals surface area contributed by atoms with E-state index >= 15 is 0 Å². The van der Waals surface area contributed by atoms with E-state index in [2.05, 4.69) is 0 Å². The van der Waals surface area contributed by atoms with Gasteiger partial charge in [-0.1, -0.05) is 11.6 Å². The van der Waals surface area contributed by atoms with Crippen LogP contribution in [-0.4, -0.2) is 18.0 Å². The molecule has 0 bridgehead atoms. The van der Waals surface area contributed by atoms with Crippen molar-refractivity contribution in [1.29, 1.82) is 0 Å². The van der Waals surface area contributed by atoms with E-state index in [1.54, 1.807) is 6.92 Å². The molecule has 0 heterocycles. The van der Waals surface area contributed by atoms with E-state index in [1.165, 1.54) is 20.1 Å². The van der Waals surface area contributed by atoms with Crippen LogP contribution in [0.15, 0.2) is 6.07 Å². The van der Waals surface area contributed by atoms with Crippen LogP contribution in [0.5, 0.6) is 11.5 Å². The number of carbonyl (C=O) groups excluding carboxylic acids is 1. The van der Waals surface area contributed by atoms with E-state index in [-0.39, 0.29) is 17.1 Å². The lowest BCUT2D eigenvalue weighted by Gasteiger charge is -2.11. The first-order valence-electron chi connectivity index (χ1n) is 4.06. The van der Waals surface area contributed by atoms with Crippen molar-refractivity contribution in [3.05, 3.63) is 22.2 Å². The molecular weight excluding hydrogens is 204 g/mol. The molecule has 0 aliphatic heterocycles. The molecule has 0 amide bonds. The monoisotopic (exact) mass is 214 g/mol. The van der Waals surface area contributed by atoms with Crippen LogP contribution in [0.4, 0.5) is 0 Å². The maximum Gasteiger partial charge on any atom is 0.163 e. The standard InChI is InChI=1S/C10H11ClO3/c1-5-9(13)7(6(2)12)4-8(11)10(5)14-3/h4,13H,1-3H3. The molecule has 14 heavy (non-hydrogen) atoms. The molecule has 3 nitrogen and oxygen atoms in total. The Morgan fingerprint density at radius 1 is 1.57 bits per heavy atom. The van der Waals surface area contributed by atoms with E-state index < -0.39 is 0 Å². The Morgan fingerprint density at radius 2 is 2.14 bits per heavy atom. The maximum atomic E-state index is 11.1. The van der Waals surface area contributed by atoms with Gasteiger partial charge < -0.3 is 9.84 Å². The van der Waals surface area contributed by atoms with Crippen LogP contribution in [0.2, 0.25) is 5.02 Å². The predicted octanol–water partition coefficient (Wildman–Crippen LogP) is 2.57. The van der Waals surface area contributed by atoms with E-state index in [0.29, 0.717) is 16.3 Å². The van der Waals surface area contributed by atoms with Crippen molar-refractivity contribution < 1.29 is 14.6 Å². The Hall–Kier alpha value is -1.22. The number of hydrogen-bond donors (Lipinski definition) is 1. The highest BCUT2D eigenvalue weighted by Gasteiger charge is 2.16. The molecule has 0 aliphatic rings. The molecular formula is C10H11ClO3. The van der Waals surface area contributed by atoms with Gasteiger partial charge in [-0.25, -0.2) is 0 Å². The molecule has 0 radical (unpaired) electrons. The predicted molar refractivity (Wildman–Crippen MR) is 54.4 cm³/mol. The number of ether oxygens (including phenoxy) is 1. The summed E-state index contributed by atoms with van der Waals surface area (Å²) in [5.74, 6) is 0.100. The second-order valence-corrected chi connectivity index (χ2v) is 3.38. The SMILES string of the molecule is COc1c(Cl)cc(C(C)=O)c(O)c1C. The van der Waals surface area contributed by atoms with Gasteiger partial charge in [0.25, 0.3) is 0 Å². The number of phenols is 1. The molecule has 1 aromatic carbocycles. The Labute approximate surface area is 87.3 Å². The lowest BCUT2D eigenvalue weighted by molar-refractivity contribution is 0.101. The molecule has 4 heteroatoms. The molecule has 0 unspecified atom stereocenters. The number of hydrogen-bond acceptors (Lipinski definition) is 3. The van der Waals surface area contributed by atoms with Crippen LogP contribution in [0, 0.1) is 6.92 Å². The fourth-order valence-electron chi connectivity index (χ4n) is 1.27. The van der Waals surface area contributed by atoms with Crippen molar-refractivity contribution in [3.8, 4) is 11.5 Å². The number of Topliss-reactive ketones (excluding diaryl/α,β-unsaturated/α-hetero) is 1. The molecule has 76 valence electrons. The van der Waals surface area contributed by atoms with Crippen molar-refractivity contribution in [2.45, 2.75) is 13.8 Å². The normalized spacial score (nSPS) is 10.0. The second kappa shape index (κ2) is 3.88. The highest BCUT2D eigenvalue weighted by molar-refractivity contribution is 6.32. The summed E-state index contributed by atoms with van der Waals surface area (Å²) in [6.07, 6.45) is 0. The quantitative estimate of drug-likeness (QED) is 0.770. The van der Waals surface area contributed by atoms with E-state index in [9.17, 15) is 9.90 Å². The summed E-state index contributed by atoms with van der Waals surface area (Å²) in [6, 6.07) is 1.41. The molecule has 0 aromatic heterocycles. The van der Waals surface area contributed by atoms with Crippen LogP contribution in [0.3, 0.4) is 0 Å². The summed E-state index contributed by atoms with van der Waals surface area (Å²) in [5, 5.41) is 9.97. The highest BCUT2D eigenvalue weighted by atomic mass is 35.5. The Balaban J connectivity index is 3.47. The molecule has 1 aromatic rings. The lowest BCUT2D eigenvalue weighted by Crippen LogP contribution is -1.97. The minimum atomic E-state index is -0.227. The molecule has 0 saturated carbocycles. The molecule has 0 fully saturated rings. The zero-order chi connectivity index (χ0) is 10.9. The molecule has 0 aliphatic carbocycles. The topological polar surface area (TPSA) is 46.5 Å². The van der Waals surface area contributed by atoms with Crippen molar-refractivity contribution in [1.82, 2.24) is 0 Å². The number of ketones is 1. The number of carbonyl (C=O) groups is 1. The highest BCUT2D eigenvalue weighted by Crippen LogP contribution is 2.37. The van der Waals surface area contributed by atoms with Crippen LogP contribution in [-0.2, 0) is 0 Å². The van der Waals surface area contributed by atoms with Gasteiger partial charge in [-0.05, 0) is 19.9 Å². The Bertz CT molecular complexity index is 385. The maximum absolute atomic E-state index is 11.1. The number of phenolic OH excluding ortho intramolecular Hbond substituents is 1. The molecule has 1 N–H and O–H groups in total. The smallest absolute Gasteiger partial charge is 0.163 e. The second-order valence-electron chi connectivity index (χ2n) is 2.97. The Kier molecular flexibility index (Phi) is 3.01. The zero-order valence-electron chi connectivity index (χ0n) is 8.22. The van der Waals surface area contributed by atoms with Crippen LogP contribution in [0.1, 0.15) is 22.8 Å². The summed E-state index contributed by atoms with van der Waals surface area (Å²) in [4.78, 5) is 11.1. The average molecular weight is 215 g/mol. The first kappa shape index (κ1) is 10.9. The van der Waals surface area contributed by atoms with Crippen LogP contribution in [0.25, 0.3) is 0 Å². The third-order valence-electron chi connectivity index (χ3n) is 2.02. The van der Waals surface area contributed by atoms with Gasteiger partial charge in [0, 0.05) is 5.56 Å². The van der Waals surface area contributed by atoms with Gasteiger partial charge in [-0.2, -0.15) is 0 Å². The summed E-state index contributed by atoms with van der Waals surface area (Å²) in [6.45, 7) is 3.02. The third kappa shape index (κ3) is 1.68. The van der Waals surface area contributed by atoms with Gasteiger partial charge in [-0.15, -0.1) is 0 Å². The van der Waals surface area contributed by atoms with Crippen molar-refractivity contribution >= 4 is 17.4 Å². The van der Waals surface area contributed by atoms with E-state index in [4.69, 9.17) is 16.3 Å². The number of aromatic hydroxyl groups is 1. The average Bonchev–Trinajstić information content (AvgIpc) is 2.12. The summed E-state index contributed by atoms with van der Waals surface area (Å²) in [5.41, 5.74) is 0.693. The van der Waals surface area contributed by atoms with Gasteiger partial charge in [0.1, 0.15) is 11.5 Å². The fraction of sp³-hybridized carbons (Fsp3) is 0.300. The third-order valence-corrected chi connectivity index (χ3v) is 2.30. The van der Waals surface area contributed by atoms with Gasteiger partial charge in [0.15, 0.2) is 5.78 Å². The number of halogens is 1. The fourth-order valence-corrected chi connectivity index (χ4v) is 1.60. The minimum absolute atomic E-state index is 0.0706. The molecule has 1 rings (SSSR count). The van der Waals surface area contributed by atoms with Gasteiger partial charge in [0.2, 0.25) is 0 Å². The minimum Gasteiger partial charge on any atom is -0.507 e. The molecule has 0 atom stereocenters. The lowest BCUT2D eigenvalue weighted by atomic mass is 10.1. The van der Waals surface area contributed by atoms with Crippen LogP contribution >= 0.6 is 11.6 Å². The van der Waals surface area contributed by atoms with Gasteiger partial charge in [-0.3, -0.25) is 4.79 Å². The largest absolute Gasteiger partial charge is 0.507 e. The van der Waals surface area contributed by atoms with Gasteiger partial charge in [0.05, 0.1) is 17.7 Å². The van der Waals surface area contributed by atoms with E-state index in [0.717, 1.165) is 0 Å². The van der Waals surface area contributed by atoms with Crippen molar-refractivity contribution in [2.75, 3.05) is 7.11 Å². The molecule has 0 saturated heterocycles. The van der Waals surface area contributed by atoms with Gasteiger partial charge >= 0.3 is 0 Å². The number of methoxy groups -OCH3 is 1. The van der Waals surface area contributed by atoms with Crippen molar-refractivity contribution in [2.24, 2.45) is 0 Å². The summed E-state index contributed by atoms with van der Waals surface area (Å²) >= 11 is 5.86. The summed E-state index contributed by atoms with van der Waals surface area (Å²) < 4.78 is 4.99. The van der Waals surface area contributed by atoms with Crippen molar-refractivity contribution in [3.63, 3.8) is 0 Å². The number of benzene rings is 1. The molecule has 0 spiro atoms.